The van der Waals surface area contributed by atoms with Crippen molar-refractivity contribution in [2.75, 3.05) is 0 Å². The van der Waals surface area contributed by atoms with Crippen LogP contribution in [0.15, 0.2) is 24.5 Å². The van der Waals surface area contributed by atoms with Crippen molar-refractivity contribution in [3.63, 3.8) is 0 Å². The van der Waals surface area contributed by atoms with E-state index in [9.17, 15) is 4.79 Å². The van der Waals surface area contributed by atoms with Gasteiger partial charge >= 0.3 is 5.97 Å². The molecule has 1 rings (SSSR count). The Kier molecular flexibility index (Phi) is 4.25. The Labute approximate surface area is 75.3 Å². The van der Waals surface area contributed by atoms with Crippen molar-refractivity contribution in [3.8, 4) is 0 Å². The van der Waals surface area contributed by atoms with Crippen LogP contribution in [0.25, 0.3) is 0 Å². The first-order valence-electron chi connectivity index (χ1n) is 3.02. The number of carbonyl (C=O) groups is 1. The summed E-state index contributed by atoms with van der Waals surface area (Å²) >= 11 is 0. The van der Waals surface area contributed by atoms with Crippen molar-refractivity contribution in [3.05, 3.63) is 30.1 Å². The molecule has 0 fully saturated rings. The number of rotatable bonds is 2. The molecule has 1 heterocycles. The molecule has 0 aliphatic carbocycles. The van der Waals surface area contributed by atoms with E-state index in [1.54, 1.807) is 0 Å². The summed E-state index contributed by atoms with van der Waals surface area (Å²) in [5.41, 5.74) is 0.340. The smallest absolute Gasteiger partial charge is 0.337 e. The number of nitrogens with zero attached hydrogens (tertiary/aromatic N) is 1. The first kappa shape index (κ1) is 10.9. The average molecular weight is 190 g/mol. The van der Waals surface area contributed by atoms with E-state index in [-0.39, 0.29) is 12.4 Å². The van der Waals surface area contributed by atoms with Crippen molar-refractivity contribution >= 4 is 18.4 Å². The standard InChI is InChI=1S/C7H7NO3.ClH/c9-6(7(10)11)5-1-3-8-4-2-5;/h1-4,6,9H,(H,10,11);1H. The van der Waals surface area contributed by atoms with Crippen LogP contribution in [0, 0.1) is 0 Å². The molecule has 1 aromatic rings. The van der Waals surface area contributed by atoms with Gasteiger partial charge in [0.25, 0.3) is 0 Å². The molecule has 0 aliphatic rings. The number of halogens is 1. The maximum atomic E-state index is 10.2. The van der Waals surface area contributed by atoms with E-state index < -0.39 is 12.1 Å². The molecule has 1 atom stereocenters. The van der Waals surface area contributed by atoms with E-state index in [0.29, 0.717) is 5.56 Å². The Bertz CT molecular complexity index is 252. The summed E-state index contributed by atoms with van der Waals surface area (Å²) in [5, 5.41) is 17.3. The molecule has 2 N–H and O–H groups in total. The molecule has 1 unspecified atom stereocenters. The van der Waals surface area contributed by atoms with Gasteiger partial charge in [-0.3, -0.25) is 4.98 Å². The third kappa shape index (κ3) is 2.48. The second-order valence-corrected chi connectivity index (χ2v) is 2.02. The van der Waals surface area contributed by atoms with Crippen molar-refractivity contribution in [2.24, 2.45) is 0 Å². The van der Waals surface area contributed by atoms with E-state index in [1.807, 2.05) is 0 Å². The lowest BCUT2D eigenvalue weighted by Crippen LogP contribution is -2.09. The van der Waals surface area contributed by atoms with Crippen LogP contribution in [0.1, 0.15) is 11.7 Å². The number of hydrogen-bond donors (Lipinski definition) is 2. The quantitative estimate of drug-likeness (QED) is 0.716. The third-order valence-corrected chi connectivity index (χ3v) is 1.26. The summed E-state index contributed by atoms with van der Waals surface area (Å²) < 4.78 is 0. The minimum atomic E-state index is -1.45. The Morgan fingerprint density at radius 3 is 2.33 bits per heavy atom. The summed E-state index contributed by atoms with van der Waals surface area (Å²) in [6.07, 6.45) is 1.42. The van der Waals surface area contributed by atoms with Gasteiger partial charge in [-0.15, -0.1) is 12.4 Å². The zero-order chi connectivity index (χ0) is 8.27. The summed E-state index contributed by atoms with van der Waals surface area (Å²) in [7, 11) is 0. The molecule has 4 nitrogen and oxygen atoms in total. The van der Waals surface area contributed by atoms with Crippen LogP contribution in [-0.2, 0) is 4.79 Å². The molecule has 0 saturated heterocycles. The normalized spacial score (nSPS) is 11.4. The number of pyridine rings is 1. The molecule has 0 aliphatic heterocycles. The lowest BCUT2D eigenvalue weighted by atomic mass is 10.1. The molecule has 0 amide bonds. The molecule has 66 valence electrons. The molecule has 0 aromatic carbocycles. The van der Waals surface area contributed by atoms with E-state index >= 15 is 0 Å². The fourth-order valence-corrected chi connectivity index (χ4v) is 0.688. The first-order chi connectivity index (χ1) is 5.22. The van der Waals surface area contributed by atoms with Gasteiger partial charge in [0.15, 0.2) is 6.10 Å². The van der Waals surface area contributed by atoms with Crippen molar-refractivity contribution in [1.82, 2.24) is 4.98 Å². The van der Waals surface area contributed by atoms with Crippen LogP contribution in [0.3, 0.4) is 0 Å². The van der Waals surface area contributed by atoms with Crippen LogP contribution in [0.5, 0.6) is 0 Å². The van der Waals surface area contributed by atoms with Gasteiger partial charge in [-0.25, -0.2) is 4.79 Å². The van der Waals surface area contributed by atoms with Crippen LogP contribution in [0.4, 0.5) is 0 Å². The molecule has 0 bridgehead atoms. The second-order valence-electron chi connectivity index (χ2n) is 2.02. The number of aliphatic hydroxyl groups is 1. The monoisotopic (exact) mass is 189 g/mol. The third-order valence-electron chi connectivity index (χ3n) is 1.26. The molecule has 12 heavy (non-hydrogen) atoms. The Hall–Kier alpha value is -1.13. The zero-order valence-corrected chi connectivity index (χ0v) is 6.86. The van der Waals surface area contributed by atoms with Crippen molar-refractivity contribution < 1.29 is 15.0 Å². The highest BCUT2D eigenvalue weighted by Gasteiger charge is 2.14. The molecular formula is C7H8ClNO3. The van der Waals surface area contributed by atoms with Crippen LogP contribution in [-0.4, -0.2) is 21.2 Å². The largest absolute Gasteiger partial charge is 0.479 e. The van der Waals surface area contributed by atoms with E-state index in [2.05, 4.69) is 4.98 Å². The summed E-state index contributed by atoms with van der Waals surface area (Å²) in [4.78, 5) is 13.9. The number of aliphatic carboxylic acids is 1. The van der Waals surface area contributed by atoms with Crippen molar-refractivity contribution in [1.29, 1.82) is 0 Å². The number of aliphatic hydroxyl groups excluding tert-OH is 1. The molecular weight excluding hydrogens is 182 g/mol. The fourth-order valence-electron chi connectivity index (χ4n) is 0.688. The zero-order valence-electron chi connectivity index (χ0n) is 6.04. The minimum absolute atomic E-state index is 0. The minimum Gasteiger partial charge on any atom is -0.479 e. The topological polar surface area (TPSA) is 70.4 Å². The van der Waals surface area contributed by atoms with Gasteiger partial charge in [0.1, 0.15) is 0 Å². The van der Waals surface area contributed by atoms with Gasteiger partial charge in [0.05, 0.1) is 0 Å². The highest BCUT2D eigenvalue weighted by atomic mass is 35.5. The molecule has 0 spiro atoms. The predicted octanol–water partition coefficient (Wildman–Crippen LogP) is 0.621. The number of carboxylic acids is 1. The van der Waals surface area contributed by atoms with E-state index in [4.69, 9.17) is 10.2 Å². The summed E-state index contributed by atoms with van der Waals surface area (Å²) in [5.74, 6) is -1.25. The van der Waals surface area contributed by atoms with Crippen LogP contribution >= 0.6 is 12.4 Å². The van der Waals surface area contributed by atoms with E-state index in [1.165, 1.54) is 24.5 Å². The average Bonchev–Trinajstić information content (AvgIpc) is 2.05. The van der Waals surface area contributed by atoms with Gasteiger partial charge in [-0.05, 0) is 17.7 Å². The Morgan fingerprint density at radius 1 is 1.42 bits per heavy atom. The summed E-state index contributed by atoms with van der Waals surface area (Å²) in [6, 6.07) is 2.91. The Balaban J connectivity index is 0.00000121. The Morgan fingerprint density at radius 2 is 1.92 bits per heavy atom. The van der Waals surface area contributed by atoms with Gasteiger partial charge in [-0.2, -0.15) is 0 Å². The summed E-state index contributed by atoms with van der Waals surface area (Å²) in [6.45, 7) is 0. The second kappa shape index (κ2) is 4.69. The number of hydrogen-bond acceptors (Lipinski definition) is 3. The lowest BCUT2D eigenvalue weighted by molar-refractivity contribution is -0.146. The molecule has 0 saturated carbocycles. The lowest BCUT2D eigenvalue weighted by Gasteiger charge is -2.02. The SMILES string of the molecule is Cl.O=C(O)C(O)c1ccncc1. The van der Waals surface area contributed by atoms with Crippen LogP contribution < -0.4 is 0 Å². The van der Waals surface area contributed by atoms with E-state index in [0.717, 1.165) is 0 Å². The van der Waals surface area contributed by atoms with Gasteiger partial charge in [-0.1, -0.05) is 0 Å². The number of carboxylic acid groups (broad SMARTS) is 1. The van der Waals surface area contributed by atoms with Gasteiger partial charge in [0.2, 0.25) is 0 Å². The molecule has 0 radical (unpaired) electrons. The molecule has 5 heteroatoms. The van der Waals surface area contributed by atoms with Gasteiger partial charge < -0.3 is 10.2 Å². The number of aromatic nitrogens is 1. The highest BCUT2D eigenvalue weighted by Crippen LogP contribution is 2.09. The predicted molar refractivity (Wildman–Crippen MR) is 44.1 cm³/mol. The van der Waals surface area contributed by atoms with Gasteiger partial charge in [0, 0.05) is 12.4 Å². The maximum absolute atomic E-state index is 10.2. The van der Waals surface area contributed by atoms with Crippen LogP contribution in [0.2, 0.25) is 0 Å². The van der Waals surface area contributed by atoms with Crippen molar-refractivity contribution in [2.45, 2.75) is 6.10 Å². The molecule has 1 aromatic heterocycles. The first-order valence-corrected chi connectivity index (χ1v) is 3.02. The fraction of sp³-hybridized carbons (Fsp3) is 0.143. The highest BCUT2D eigenvalue weighted by molar-refractivity contribution is 5.85. The maximum Gasteiger partial charge on any atom is 0.337 e.